The number of hydrogen-bond donors (Lipinski definition) is 6. The quantitative estimate of drug-likeness (QED) is 0.0261. The van der Waals surface area contributed by atoms with E-state index in [9.17, 15) is 30.3 Å². The number of hydrogen-bond acceptors (Lipinski definition) is 8. The summed E-state index contributed by atoms with van der Waals surface area (Å²) in [6.07, 6.45) is 60.3. The largest absolute Gasteiger partial charge is 0.394 e. The molecule has 0 bridgehead atoms. The third-order valence-electron chi connectivity index (χ3n) is 13.6. The number of allylic oxidation sites excluding steroid dienone is 9. The van der Waals surface area contributed by atoms with Crippen molar-refractivity contribution in [1.29, 1.82) is 0 Å². The first-order chi connectivity index (χ1) is 33.8. The summed E-state index contributed by atoms with van der Waals surface area (Å²) >= 11 is 0. The van der Waals surface area contributed by atoms with Crippen molar-refractivity contribution in [2.75, 3.05) is 13.2 Å². The molecule has 0 saturated carbocycles. The molecule has 402 valence electrons. The van der Waals surface area contributed by atoms with Crippen LogP contribution in [0.1, 0.15) is 258 Å². The normalized spacial score (nSPS) is 19.9. The summed E-state index contributed by atoms with van der Waals surface area (Å²) in [6.45, 7) is 3.73. The molecule has 9 heteroatoms. The van der Waals surface area contributed by atoms with E-state index in [0.29, 0.717) is 6.42 Å². The number of aliphatic hydroxyl groups is 5. The summed E-state index contributed by atoms with van der Waals surface area (Å²) in [5.41, 5.74) is 0. The van der Waals surface area contributed by atoms with Crippen molar-refractivity contribution in [1.82, 2.24) is 5.32 Å². The minimum atomic E-state index is -1.57. The van der Waals surface area contributed by atoms with E-state index < -0.39 is 49.5 Å². The van der Waals surface area contributed by atoms with Crippen LogP contribution in [-0.2, 0) is 14.3 Å². The molecule has 7 atom stereocenters. The van der Waals surface area contributed by atoms with Crippen LogP contribution in [0, 0.1) is 0 Å². The minimum absolute atomic E-state index is 0.187. The van der Waals surface area contributed by atoms with Gasteiger partial charge in [0.05, 0.1) is 25.4 Å². The Morgan fingerprint density at radius 2 is 0.870 bits per heavy atom. The van der Waals surface area contributed by atoms with Gasteiger partial charge in [0.2, 0.25) is 5.91 Å². The van der Waals surface area contributed by atoms with E-state index in [0.717, 1.165) is 51.4 Å². The number of aliphatic hydroxyl groups excluding tert-OH is 5. The molecule has 0 aromatic carbocycles. The molecule has 0 aromatic heterocycles. The van der Waals surface area contributed by atoms with Gasteiger partial charge in [-0.15, -0.1) is 0 Å². The Morgan fingerprint density at radius 1 is 0.493 bits per heavy atom. The van der Waals surface area contributed by atoms with Gasteiger partial charge in [0.25, 0.3) is 0 Å². The summed E-state index contributed by atoms with van der Waals surface area (Å²) in [7, 11) is 0. The van der Waals surface area contributed by atoms with Gasteiger partial charge in [-0.25, -0.2) is 0 Å². The zero-order valence-corrected chi connectivity index (χ0v) is 44.6. The van der Waals surface area contributed by atoms with Crippen molar-refractivity contribution >= 4 is 5.91 Å². The molecule has 1 saturated heterocycles. The van der Waals surface area contributed by atoms with Crippen LogP contribution in [0.2, 0.25) is 0 Å². The minimum Gasteiger partial charge on any atom is -0.394 e. The Balaban J connectivity index is 2.08. The van der Waals surface area contributed by atoms with Crippen LogP contribution in [0.25, 0.3) is 0 Å². The molecule has 69 heavy (non-hydrogen) atoms. The van der Waals surface area contributed by atoms with Crippen molar-refractivity contribution < 1.29 is 39.8 Å². The second-order valence-electron chi connectivity index (χ2n) is 20.1. The van der Waals surface area contributed by atoms with E-state index in [4.69, 9.17) is 9.47 Å². The van der Waals surface area contributed by atoms with E-state index in [1.54, 1.807) is 6.08 Å². The molecule has 1 aliphatic rings. The summed E-state index contributed by atoms with van der Waals surface area (Å²) < 4.78 is 11.2. The van der Waals surface area contributed by atoms with Crippen LogP contribution in [0.3, 0.4) is 0 Å². The lowest BCUT2D eigenvalue weighted by atomic mass is 9.99. The van der Waals surface area contributed by atoms with Gasteiger partial charge in [-0.05, 0) is 70.6 Å². The first kappa shape index (κ1) is 64.9. The highest BCUT2D eigenvalue weighted by atomic mass is 16.7. The fourth-order valence-corrected chi connectivity index (χ4v) is 8.95. The highest BCUT2D eigenvalue weighted by Gasteiger charge is 2.44. The number of nitrogens with one attached hydrogen (secondary N) is 1. The first-order valence-electron chi connectivity index (χ1n) is 29.0. The molecule has 1 rings (SSSR count). The summed E-state index contributed by atoms with van der Waals surface area (Å²) in [5, 5.41) is 54.3. The number of ether oxygens (including phenoxy) is 2. The number of unbranched alkanes of at least 4 members (excludes halogenated alkanes) is 31. The highest BCUT2D eigenvalue weighted by molar-refractivity contribution is 5.76. The smallest absolute Gasteiger partial charge is 0.220 e. The Kier molecular flexibility index (Phi) is 46.5. The van der Waals surface area contributed by atoms with Crippen molar-refractivity contribution in [3.63, 3.8) is 0 Å². The Bertz CT molecular complexity index is 1270. The lowest BCUT2D eigenvalue weighted by Gasteiger charge is -2.40. The molecule has 0 spiro atoms. The maximum absolute atomic E-state index is 13.0. The molecule has 1 aliphatic heterocycles. The molecule has 1 amide bonds. The van der Waals surface area contributed by atoms with E-state index >= 15 is 0 Å². The Hall–Kier alpha value is -2.11. The summed E-state index contributed by atoms with van der Waals surface area (Å²) in [4.78, 5) is 13.0. The lowest BCUT2D eigenvalue weighted by molar-refractivity contribution is -0.302. The first-order valence-corrected chi connectivity index (χ1v) is 29.0. The van der Waals surface area contributed by atoms with Crippen molar-refractivity contribution in [3.05, 3.63) is 60.8 Å². The maximum atomic E-state index is 13.0. The average Bonchev–Trinajstić information content (AvgIpc) is 3.35. The van der Waals surface area contributed by atoms with E-state index in [-0.39, 0.29) is 12.5 Å². The fourth-order valence-electron chi connectivity index (χ4n) is 8.95. The zero-order chi connectivity index (χ0) is 50.1. The van der Waals surface area contributed by atoms with Gasteiger partial charge in [-0.1, -0.05) is 242 Å². The van der Waals surface area contributed by atoms with Crippen LogP contribution >= 0.6 is 0 Å². The molecule has 1 heterocycles. The second-order valence-corrected chi connectivity index (χ2v) is 20.1. The number of amides is 1. The lowest BCUT2D eigenvalue weighted by Crippen LogP contribution is -2.60. The molecule has 7 unspecified atom stereocenters. The predicted octanol–water partition coefficient (Wildman–Crippen LogP) is 14.3. The second kappa shape index (κ2) is 49.5. The molecule has 0 aromatic rings. The Labute approximate surface area is 424 Å². The SMILES string of the molecule is CCCCCCC/C=C\C/C=C\C/C=C\CCCCCCCCCCCCCCCCCCCCCCC(=O)NC(COC1OC(CO)C(O)C(O)C1O)C(O)/C=C/CC/C=C/CCCCCCC. The van der Waals surface area contributed by atoms with Crippen LogP contribution in [0.5, 0.6) is 0 Å². The van der Waals surface area contributed by atoms with Crippen LogP contribution in [-0.4, -0.2) is 87.5 Å². The van der Waals surface area contributed by atoms with Crippen LogP contribution in [0.15, 0.2) is 60.8 Å². The van der Waals surface area contributed by atoms with Crippen LogP contribution < -0.4 is 5.32 Å². The van der Waals surface area contributed by atoms with Gasteiger partial charge in [-0.2, -0.15) is 0 Å². The van der Waals surface area contributed by atoms with Gasteiger partial charge in [0, 0.05) is 6.42 Å². The van der Waals surface area contributed by atoms with Gasteiger partial charge < -0.3 is 40.3 Å². The molecule has 0 aliphatic carbocycles. The van der Waals surface area contributed by atoms with Gasteiger partial charge in [-0.3, -0.25) is 4.79 Å². The van der Waals surface area contributed by atoms with E-state index in [2.05, 4.69) is 67.8 Å². The van der Waals surface area contributed by atoms with Gasteiger partial charge in [0.1, 0.15) is 24.4 Å². The number of carbonyl (C=O) groups excluding carboxylic acids is 1. The summed E-state index contributed by atoms with van der Waals surface area (Å²) in [6, 6.07) is -0.820. The van der Waals surface area contributed by atoms with E-state index in [1.807, 2.05) is 6.08 Å². The average molecular weight is 973 g/mol. The molecule has 0 radical (unpaired) electrons. The predicted molar refractivity (Wildman–Crippen MR) is 290 cm³/mol. The molecule has 6 N–H and O–H groups in total. The number of rotatable bonds is 49. The zero-order valence-electron chi connectivity index (χ0n) is 44.6. The standard InChI is InChI=1S/C60H109NO8/c1-3-5-7-9-11-13-15-16-17-18-19-20-21-22-23-24-25-26-27-28-29-30-31-32-33-34-35-36-37-38-40-42-44-46-48-50-56(64)61-53(52-68-60-59(67)58(66)57(65)55(51-62)69-60)54(63)49-47-45-43-41-39-14-12-10-8-6-4-2/h15-16,18-19,21-22,39,41,47,49,53-55,57-60,62-63,65-67H,3-14,17,20,23-38,40,42-46,48,50-52H2,1-2H3,(H,61,64)/b16-15-,19-18-,22-21-,41-39+,49-47+. The molecule has 1 fully saturated rings. The fraction of sp³-hybridized carbons (Fsp3) is 0.817. The van der Waals surface area contributed by atoms with Gasteiger partial charge >= 0.3 is 0 Å². The number of carbonyl (C=O) groups is 1. The highest BCUT2D eigenvalue weighted by Crippen LogP contribution is 2.23. The third-order valence-corrected chi connectivity index (χ3v) is 13.6. The van der Waals surface area contributed by atoms with Gasteiger partial charge in [0.15, 0.2) is 6.29 Å². The third kappa shape index (κ3) is 39.1. The van der Waals surface area contributed by atoms with Crippen LogP contribution in [0.4, 0.5) is 0 Å². The molecular weight excluding hydrogens is 863 g/mol. The monoisotopic (exact) mass is 972 g/mol. The molecule has 9 nitrogen and oxygen atoms in total. The van der Waals surface area contributed by atoms with Crippen molar-refractivity contribution in [2.45, 2.75) is 301 Å². The Morgan fingerprint density at radius 3 is 1.32 bits per heavy atom. The topological polar surface area (TPSA) is 149 Å². The van der Waals surface area contributed by atoms with Crippen molar-refractivity contribution in [2.24, 2.45) is 0 Å². The van der Waals surface area contributed by atoms with E-state index in [1.165, 1.54) is 186 Å². The maximum Gasteiger partial charge on any atom is 0.220 e. The summed E-state index contributed by atoms with van der Waals surface area (Å²) in [5.74, 6) is -0.187. The van der Waals surface area contributed by atoms with Crippen molar-refractivity contribution in [3.8, 4) is 0 Å². The molecular formula is C60H109NO8.